The van der Waals surface area contributed by atoms with Crippen molar-refractivity contribution >= 4 is 0 Å². The Balaban J connectivity index is 3.44. The minimum Gasteiger partial charge on any atom is -0.0936 e. The molecule has 0 aliphatic rings. The standard InChI is InChI=1S/C13H26N6/c1-2-3-4-5-6-7-8-9-10-11-13(17-19-15)12-16-18-14/h13H,2-12H2,1H3. The lowest BCUT2D eigenvalue weighted by Gasteiger charge is -2.07. The number of rotatable bonds is 13. The van der Waals surface area contributed by atoms with Crippen LogP contribution < -0.4 is 0 Å². The van der Waals surface area contributed by atoms with Gasteiger partial charge >= 0.3 is 0 Å². The summed E-state index contributed by atoms with van der Waals surface area (Å²) >= 11 is 0. The highest BCUT2D eigenvalue weighted by atomic mass is 15.2. The van der Waals surface area contributed by atoms with Gasteiger partial charge in [-0.2, -0.15) is 0 Å². The molecule has 0 N–H and O–H groups in total. The van der Waals surface area contributed by atoms with Gasteiger partial charge in [0.15, 0.2) is 0 Å². The number of hydrogen-bond donors (Lipinski definition) is 0. The van der Waals surface area contributed by atoms with E-state index in [1.165, 1.54) is 51.4 Å². The Morgan fingerprint density at radius 1 is 0.842 bits per heavy atom. The Morgan fingerprint density at radius 3 is 1.95 bits per heavy atom. The van der Waals surface area contributed by atoms with Gasteiger partial charge in [0.25, 0.3) is 0 Å². The van der Waals surface area contributed by atoms with Gasteiger partial charge in [0.05, 0.1) is 0 Å². The molecule has 0 fully saturated rings. The number of nitrogens with zero attached hydrogens (tertiary/aromatic N) is 6. The molecule has 0 amide bonds. The Hall–Kier alpha value is -1.38. The van der Waals surface area contributed by atoms with Crippen LogP contribution in [0.25, 0.3) is 20.9 Å². The summed E-state index contributed by atoms with van der Waals surface area (Å²) in [6, 6.07) is -0.176. The van der Waals surface area contributed by atoms with E-state index in [1.54, 1.807) is 0 Å². The van der Waals surface area contributed by atoms with Gasteiger partial charge in [-0.25, -0.2) is 0 Å². The molecule has 0 heterocycles. The number of unbranched alkanes of at least 4 members (excludes halogenated alkanes) is 8. The van der Waals surface area contributed by atoms with Crippen molar-refractivity contribution in [3.8, 4) is 0 Å². The molecule has 0 radical (unpaired) electrons. The van der Waals surface area contributed by atoms with Crippen molar-refractivity contribution in [2.24, 2.45) is 10.2 Å². The van der Waals surface area contributed by atoms with E-state index in [0.29, 0.717) is 0 Å². The van der Waals surface area contributed by atoms with Crippen molar-refractivity contribution in [3.63, 3.8) is 0 Å². The number of azide groups is 2. The molecule has 1 atom stereocenters. The van der Waals surface area contributed by atoms with Crippen LogP contribution in [0.5, 0.6) is 0 Å². The molecule has 6 heteroatoms. The average Bonchev–Trinajstić information content (AvgIpc) is 2.42. The van der Waals surface area contributed by atoms with E-state index in [-0.39, 0.29) is 12.6 Å². The van der Waals surface area contributed by atoms with Crippen LogP contribution in [0.4, 0.5) is 0 Å². The van der Waals surface area contributed by atoms with E-state index in [0.717, 1.165) is 12.8 Å². The van der Waals surface area contributed by atoms with E-state index < -0.39 is 0 Å². The molecule has 0 spiro atoms. The van der Waals surface area contributed by atoms with Crippen LogP contribution in [0.2, 0.25) is 0 Å². The summed E-state index contributed by atoms with van der Waals surface area (Å²) in [4.78, 5) is 5.48. The van der Waals surface area contributed by atoms with E-state index in [4.69, 9.17) is 11.1 Å². The van der Waals surface area contributed by atoms with Crippen molar-refractivity contribution in [2.75, 3.05) is 6.54 Å². The van der Waals surface area contributed by atoms with Crippen LogP contribution >= 0.6 is 0 Å². The third-order valence-corrected chi connectivity index (χ3v) is 3.21. The van der Waals surface area contributed by atoms with Crippen molar-refractivity contribution in [1.29, 1.82) is 0 Å². The van der Waals surface area contributed by atoms with E-state index in [9.17, 15) is 0 Å². The maximum atomic E-state index is 8.40. The summed E-state index contributed by atoms with van der Waals surface area (Å²) in [5.74, 6) is 0. The molecule has 0 aromatic heterocycles. The third-order valence-electron chi connectivity index (χ3n) is 3.21. The Kier molecular flexibility index (Phi) is 13.6. The average molecular weight is 266 g/mol. The van der Waals surface area contributed by atoms with Crippen molar-refractivity contribution in [1.82, 2.24) is 0 Å². The smallest absolute Gasteiger partial charge is 0.0429 e. The summed E-state index contributed by atoms with van der Waals surface area (Å²) in [7, 11) is 0. The van der Waals surface area contributed by atoms with Crippen LogP contribution in [0, 0.1) is 0 Å². The maximum absolute atomic E-state index is 8.40. The van der Waals surface area contributed by atoms with Crippen LogP contribution in [0.1, 0.15) is 71.1 Å². The second-order valence-corrected chi connectivity index (χ2v) is 4.89. The summed E-state index contributed by atoms with van der Waals surface area (Å²) in [6.45, 7) is 2.51. The molecule has 6 nitrogen and oxygen atoms in total. The fraction of sp³-hybridized carbons (Fsp3) is 1.00. The fourth-order valence-corrected chi connectivity index (χ4v) is 2.08. The van der Waals surface area contributed by atoms with Gasteiger partial charge in [-0.05, 0) is 17.5 Å². The Labute approximate surface area is 115 Å². The topological polar surface area (TPSA) is 97.5 Å². The normalized spacial score (nSPS) is 11.4. The van der Waals surface area contributed by atoms with Crippen molar-refractivity contribution in [2.45, 2.75) is 77.2 Å². The van der Waals surface area contributed by atoms with Gasteiger partial charge in [-0.1, -0.05) is 74.9 Å². The van der Waals surface area contributed by atoms with E-state index in [1.807, 2.05) is 0 Å². The predicted molar refractivity (Wildman–Crippen MR) is 78.8 cm³/mol. The molecule has 0 aliphatic heterocycles. The summed E-state index contributed by atoms with van der Waals surface area (Å²) in [5.41, 5.74) is 16.6. The highest BCUT2D eigenvalue weighted by Gasteiger charge is 2.04. The molecule has 0 saturated carbocycles. The summed E-state index contributed by atoms with van der Waals surface area (Å²) in [5, 5.41) is 7.11. The zero-order chi connectivity index (χ0) is 14.2. The lowest BCUT2D eigenvalue weighted by atomic mass is 10.0. The fourth-order valence-electron chi connectivity index (χ4n) is 2.08. The van der Waals surface area contributed by atoms with Gasteiger partial charge in [0.2, 0.25) is 0 Å². The summed E-state index contributed by atoms with van der Waals surface area (Å²) < 4.78 is 0. The Morgan fingerprint density at radius 2 is 1.42 bits per heavy atom. The zero-order valence-corrected chi connectivity index (χ0v) is 12.0. The number of hydrogen-bond acceptors (Lipinski definition) is 2. The largest absolute Gasteiger partial charge is 0.0936 e. The molecular formula is C13H26N6. The first-order valence-electron chi connectivity index (χ1n) is 7.40. The zero-order valence-electron chi connectivity index (χ0n) is 12.0. The highest BCUT2D eigenvalue weighted by molar-refractivity contribution is 4.70. The minimum atomic E-state index is -0.176. The van der Waals surface area contributed by atoms with Crippen LogP contribution in [-0.2, 0) is 0 Å². The van der Waals surface area contributed by atoms with Gasteiger partial charge < -0.3 is 0 Å². The molecule has 0 rings (SSSR count). The first-order chi connectivity index (χ1) is 9.35. The van der Waals surface area contributed by atoms with E-state index in [2.05, 4.69) is 27.0 Å². The maximum Gasteiger partial charge on any atom is 0.0429 e. The highest BCUT2D eigenvalue weighted by Crippen LogP contribution is 2.12. The van der Waals surface area contributed by atoms with Gasteiger partial charge in [-0.15, -0.1) is 0 Å². The quantitative estimate of drug-likeness (QED) is 0.172. The molecule has 0 saturated heterocycles. The molecule has 108 valence electrons. The molecule has 0 aromatic rings. The Bertz CT molecular complexity index is 292. The molecule has 0 aliphatic carbocycles. The molecule has 0 bridgehead atoms. The monoisotopic (exact) mass is 266 g/mol. The van der Waals surface area contributed by atoms with Crippen molar-refractivity contribution < 1.29 is 0 Å². The first kappa shape index (κ1) is 17.6. The summed E-state index contributed by atoms with van der Waals surface area (Å²) in [6.07, 6.45) is 12.3. The van der Waals surface area contributed by atoms with Gasteiger partial charge in [0.1, 0.15) is 0 Å². The molecule has 1 unspecified atom stereocenters. The van der Waals surface area contributed by atoms with Crippen LogP contribution in [0.15, 0.2) is 10.2 Å². The molecule has 19 heavy (non-hydrogen) atoms. The minimum absolute atomic E-state index is 0.176. The van der Waals surface area contributed by atoms with Crippen molar-refractivity contribution in [3.05, 3.63) is 20.9 Å². The van der Waals surface area contributed by atoms with Crippen LogP contribution in [0.3, 0.4) is 0 Å². The predicted octanol–water partition coefficient (Wildman–Crippen LogP) is 5.90. The van der Waals surface area contributed by atoms with Crippen LogP contribution in [-0.4, -0.2) is 12.6 Å². The lowest BCUT2D eigenvalue weighted by molar-refractivity contribution is 0.525. The third kappa shape index (κ3) is 12.9. The van der Waals surface area contributed by atoms with E-state index >= 15 is 0 Å². The molecular weight excluding hydrogens is 240 g/mol. The molecule has 0 aromatic carbocycles. The lowest BCUT2D eigenvalue weighted by Crippen LogP contribution is -2.07. The van der Waals surface area contributed by atoms with Gasteiger partial charge in [0, 0.05) is 22.4 Å². The second-order valence-electron chi connectivity index (χ2n) is 4.89. The second kappa shape index (κ2) is 14.7. The first-order valence-corrected chi connectivity index (χ1v) is 7.40. The van der Waals surface area contributed by atoms with Gasteiger partial charge in [-0.3, -0.25) is 0 Å². The SMILES string of the molecule is CCCCCCCCCCCC(CN=[N+]=[N-])N=[N+]=[N-].